The summed E-state index contributed by atoms with van der Waals surface area (Å²) in [7, 11) is 0. The van der Waals surface area contributed by atoms with E-state index in [2.05, 4.69) is 186 Å². The molecule has 0 fully saturated rings. The van der Waals surface area contributed by atoms with Crippen molar-refractivity contribution in [2.24, 2.45) is 0 Å². The predicted octanol–water partition coefficient (Wildman–Crippen LogP) is 13.9. The molecule has 244 valence electrons. The third kappa shape index (κ3) is 4.20. The summed E-state index contributed by atoms with van der Waals surface area (Å²) in [5.74, 6) is 0. The van der Waals surface area contributed by atoms with Crippen LogP contribution in [0.25, 0.3) is 77.2 Å². The Bertz CT molecular complexity index is 2740. The van der Waals surface area contributed by atoms with Crippen LogP contribution in [-0.2, 0) is 10.8 Å². The van der Waals surface area contributed by atoms with Gasteiger partial charge in [-0.3, -0.25) is 0 Å². The van der Waals surface area contributed by atoms with Gasteiger partial charge in [0.2, 0.25) is 0 Å². The maximum absolute atomic E-state index is 2.42. The topological polar surface area (TPSA) is 0 Å². The van der Waals surface area contributed by atoms with Crippen LogP contribution < -0.4 is 0 Å². The van der Waals surface area contributed by atoms with Gasteiger partial charge in [0, 0.05) is 10.8 Å². The molecule has 0 heteroatoms. The van der Waals surface area contributed by atoms with Crippen LogP contribution >= 0.6 is 0 Å². The number of rotatable bonds is 3. The number of fused-ring (bicyclic) bond motifs is 8. The van der Waals surface area contributed by atoms with E-state index in [-0.39, 0.29) is 10.8 Å². The molecule has 0 atom stereocenters. The molecule has 0 saturated carbocycles. The highest BCUT2D eigenvalue weighted by Crippen LogP contribution is 2.55. The van der Waals surface area contributed by atoms with E-state index in [1.54, 1.807) is 0 Å². The smallest absolute Gasteiger partial charge is 0.0159 e. The van der Waals surface area contributed by atoms with Crippen molar-refractivity contribution < 1.29 is 0 Å². The van der Waals surface area contributed by atoms with Gasteiger partial charge in [-0.2, -0.15) is 0 Å². The summed E-state index contributed by atoms with van der Waals surface area (Å²) in [6.07, 6.45) is 0. The Balaban J connectivity index is 1.16. The Morgan fingerprint density at radius 3 is 1.61 bits per heavy atom. The molecule has 0 spiro atoms. The molecule has 8 aromatic carbocycles. The number of aryl methyl sites for hydroxylation is 1. The summed E-state index contributed by atoms with van der Waals surface area (Å²) >= 11 is 0. The predicted molar refractivity (Wildman–Crippen MR) is 218 cm³/mol. The zero-order valence-electron chi connectivity index (χ0n) is 29.9. The molecule has 0 amide bonds. The van der Waals surface area contributed by atoms with Crippen molar-refractivity contribution in [2.75, 3.05) is 0 Å². The van der Waals surface area contributed by atoms with Gasteiger partial charge < -0.3 is 0 Å². The number of benzene rings is 8. The molecule has 0 unspecified atom stereocenters. The fraction of sp³-hybridized carbons (Fsp3) is 0.137. The Labute approximate surface area is 301 Å². The first kappa shape index (κ1) is 30.1. The fourth-order valence-corrected chi connectivity index (χ4v) is 9.57. The van der Waals surface area contributed by atoms with Crippen molar-refractivity contribution in [3.8, 4) is 55.6 Å². The van der Waals surface area contributed by atoms with Crippen LogP contribution in [0.3, 0.4) is 0 Å². The molecule has 0 aliphatic heterocycles. The van der Waals surface area contributed by atoms with Crippen LogP contribution in [0.5, 0.6) is 0 Å². The fourth-order valence-electron chi connectivity index (χ4n) is 9.57. The largest absolute Gasteiger partial charge is 0.0619 e. The minimum atomic E-state index is -0.0519. The highest BCUT2D eigenvalue weighted by molar-refractivity contribution is 6.23. The van der Waals surface area contributed by atoms with Crippen molar-refractivity contribution in [3.63, 3.8) is 0 Å². The van der Waals surface area contributed by atoms with Gasteiger partial charge >= 0.3 is 0 Å². The highest BCUT2D eigenvalue weighted by atomic mass is 14.4. The van der Waals surface area contributed by atoms with Gasteiger partial charge in [-0.15, -0.1) is 0 Å². The van der Waals surface area contributed by atoms with Gasteiger partial charge in [0.1, 0.15) is 0 Å². The Morgan fingerprint density at radius 2 is 0.843 bits per heavy atom. The monoisotopic (exact) mass is 652 g/mol. The molecule has 0 saturated heterocycles. The van der Waals surface area contributed by atoms with Crippen LogP contribution in [0.15, 0.2) is 152 Å². The van der Waals surface area contributed by atoms with E-state index in [0.29, 0.717) is 0 Å². The number of hydrogen-bond acceptors (Lipinski definition) is 0. The summed E-state index contributed by atoms with van der Waals surface area (Å²) in [5.41, 5.74) is 20.0. The van der Waals surface area contributed by atoms with E-state index in [9.17, 15) is 0 Å². The SMILES string of the molecule is Cc1ccc2c(-c3ccc(-c4ccc5c(c4)C(C)(C)c4ccccc4-5)cc3)c3ccccc3c(-c3cccc4c3-c3ccccc3C4(C)C)c2c1. The van der Waals surface area contributed by atoms with Crippen LogP contribution in [0, 0.1) is 6.92 Å². The zero-order valence-corrected chi connectivity index (χ0v) is 29.9. The lowest BCUT2D eigenvalue weighted by Gasteiger charge is -2.23. The first-order valence-electron chi connectivity index (χ1n) is 18.3. The van der Waals surface area contributed by atoms with Gasteiger partial charge in [-0.25, -0.2) is 0 Å². The maximum atomic E-state index is 2.42. The lowest BCUT2D eigenvalue weighted by molar-refractivity contribution is 0.660. The summed E-state index contributed by atoms with van der Waals surface area (Å²) in [4.78, 5) is 0. The number of hydrogen-bond donors (Lipinski definition) is 0. The second-order valence-corrected chi connectivity index (χ2v) is 15.8. The van der Waals surface area contributed by atoms with E-state index in [1.165, 1.54) is 105 Å². The molecule has 10 rings (SSSR count). The van der Waals surface area contributed by atoms with Crippen LogP contribution in [0.2, 0.25) is 0 Å². The van der Waals surface area contributed by atoms with Gasteiger partial charge in [0.15, 0.2) is 0 Å². The van der Waals surface area contributed by atoms with E-state index in [4.69, 9.17) is 0 Å². The van der Waals surface area contributed by atoms with Crippen molar-refractivity contribution >= 4 is 21.5 Å². The second kappa shape index (κ2) is 10.6. The molecule has 0 radical (unpaired) electrons. The van der Waals surface area contributed by atoms with Gasteiger partial charge in [0.05, 0.1) is 0 Å². The molecule has 0 bridgehead atoms. The Kier molecular flexibility index (Phi) is 6.29. The molecule has 0 N–H and O–H groups in total. The summed E-state index contributed by atoms with van der Waals surface area (Å²) in [5, 5.41) is 5.19. The molecule has 51 heavy (non-hydrogen) atoms. The minimum Gasteiger partial charge on any atom is -0.0619 e. The molecule has 0 heterocycles. The normalized spacial score (nSPS) is 14.7. The third-order valence-electron chi connectivity index (χ3n) is 12.1. The quantitative estimate of drug-likeness (QED) is 0.167. The average molecular weight is 653 g/mol. The zero-order chi connectivity index (χ0) is 34.6. The Morgan fingerprint density at radius 1 is 0.314 bits per heavy atom. The second-order valence-electron chi connectivity index (χ2n) is 15.8. The van der Waals surface area contributed by atoms with Gasteiger partial charge in [0.25, 0.3) is 0 Å². The van der Waals surface area contributed by atoms with Crippen molar-refractivity contribution in [3.05, 3.63) is 179 Å². The molecule has 0 nitrogen and oxygen atoms in total. The third-order valence-corrected chi connectivity index (χ3v) is 12.1. The van der Waals surface area contributed by atoms with Crippen molar-refractivity contribution in [1.29, 1.82) is 0 Å². The highest BCUT2D eigenvalue weighted by Gasteiger charge is 2.37. The van der Waals surface area contributed by atoms with Crippen LogP contribution in [0.1, 0.15) is 55.5 Å². The maximum Gasteiger partial charge on any atom is 0.0159 e. The summed E-state index contributed by atoms with van der Waals surface area (Å²) in [6, 6.07) is 57.3. The van der Waals surface area contributed by atoms with Crippen LogP contribution in [-0.4, -0.2) is 0 Å². The average Bonchev–Trinajstić information content (AvgIpc) is 3.53. The van der Waals surface area contributed by atoms with Crippen LogP contribution in [0.4, 0.5) is 0 Å². The molecule has 2 aliphatic rings. The van der Waals surface area contributed by atoms with Crippen molar-refractivity contribution in [1.82, 2.24) is 0 Å². The minimum absolute atomic E-state index is 0.0176. The molecule has 8 aromatic rings. The van der Waals surface area contributed by atoms with Gasteiger partial charge in [-0.1, -0.05) is 179 Å². The van der Waals surface area contributed by atoms with E-state index in [0.717, 1.165) is 0 Å². The summed E-state index contributed by atoms with van der Waals surface area (Å²) in [6.45, 7) is 11.7. The van der Waals surface area contributed by atoms with E-state index >= 15 is 0 Å². The Hall–Kier alpha value is -5.72. The lowest BCUT2D eigenvalue weighted by atomic mass is 9.80. The molecular weight excluding hydrogens is 613 g/mol. The van der Waals surface area contributed by atoms with E-state index in [1.807, 2.05) is 0 Å². The van der Waals surface area contributed by atoms with Gasteiger partial charge in [-0.05, 0) is 112 Å². The molecular formula is C51H40. The summed E-state index contributed by atoms with van der Waals surface area (Å²) < 4.78 is 0. The standard InChI is InChI=1S/C51H40/c1-31-21-27-39-42(29-31)48(41-17-12-20-45-49(41)40-16-9-11-19-44(40)50(45,2)3)38-15-7-6-14-37(38)47(39)33-24-22-32(23-25-33)34-26-28-36-35-13-8-10-18-43(35)51(4,5)46(36)30-34/h6-30H,1-5H3. The molecule has 2 aliphatic carbocycles. The van der Waals surface area contributed by atoms with Crippen molar-refractivity contribution in [2.45, 2.75) is 45.4 Å². The first-order valence-corrected chi connectivity index (χ1v) is 18.3. The first-order chi connectivity index (χ1) is 24.7. The molecule has 0 aromatic heterocycles. The lowest BCUT2D eigenvalue weighted by Crippen LogP contribution is -2.14. The van der Waals surface area contributed by atoms with E-state index < -0.39 is 0 Å².